The molecule has 1 saturated carbocycles. The van der Waals surface area contributed by atoms with Gasteiger partial charge < -0.3 is 36.0 Å². The van der Waals surface area contributed by atoms with Crippen LogP contribution in [0.5, 0.6) is 5.75 Å². The van der Waals surface area contributed by atoms with Gasteiger partial charge in [0.25, 0.3) is 12.3 Å². The standard InChI is InChI=1S/C32H36F2N4O8/c1-13(2)19-11-21(46-37-19)16-3-4-20(39)24-17(16)9-14-10-18-26(36-15-5-7-38(8-6-15)12-22(33)34)28(41)25(31(35)44)30(43)32(18,45)29(42)23(14)27(24)40/h3-4,11,13-15,18,22,26,36,39-40,43,45H,5-10,12H2,1-2H3,(H2,35,44). The molecule has 6 rings (SSSR count). The third-order valence-corrected chi connectivity index (χ3v) is 9.87. The molecule has 1 amide bonds. The Bertz CT molecular complexity index is 1680. The van der Waals surface area contributed by atoms with Crippen molar-refractivity contribution in [1.82, 2.24) is 15.4 Å². The molecule has 246 valence electrons. The summed E-state index contributed by atoms with van der Waals surface area (Å²) in [6.45, 7) is 4.13. The van der Waals surface area contributed by atoms with Gasteiger partial charge in [-0.1, -0.05) is 19.0 Å². The van der Waals surface area contributed by atoms with E-state index >= 15 is 0 Å². The first-order valence-electron chi connectivity index (χ1n) is 15.3. The van der Waals surface area contributed by atoms with Gasteiger partial charge in [0.15, 0.2) is 17.1 Å². The van der Waals surface area contributed by atoms with Gasteiger partial charge in [0.2, 0.25) is 5.78 Å². The smallest absolute Gasteiger partial charge is 0.255 e. The zero-order chi connectivity index (χ0) is 33.2. The molecule has 4 unspecified atom stereocenters. The molecule has 7 N–H and O–H groups in total. The fourth-order valence-corrected chi connectivity index (χ4v) is 7.52. The highest BCUT2D eigenvalue weighted by Crippen LogP contribution is 2.53. The predicted molar refractivity (Wildman–Crippen MR) is 159 cm³/mol. The number of hydrogen-bond donors (Lipinski definition) is 6. The van der Waals surface area contributed by atoms with E-state index in [2.05, 4.69) is 10.5 Å². The van der Waals surface area contributed by atoms with Crippen molar-refractivity contribution in [1.29, 1.82) is 0 Å². The van der Waals surface area contributed by atoms with Crippen LogP contribution in [0.3, 0.4) is 0 Å². The monoisotopic (exact) mass is 642 g/mol. The number of benzene rings is 1. The van der Waals surface area contributed by atoms with E-state index in [0.29, 0.717) is 48.5 Å². The Labute approximate surface area is 262 Å². The molecular weight excluding hydrogens is 606 g/mol. The Hall–Kier alpha value is -4.14. The normalized spacial score (nSPS) is 27.3. The first kappa shape index (κ1) is 31.8. The summed E-state index contributed by atoms with van der Waals surface area (Å²) in [6, 6.07) is 2.97. The number of ketones is 2. The number of piperidine rings is 1. The minimum absolute atomic E-state index is 0.0441. The summed E-state index contributed by atoms with van der Waals surface area (Å²) in [5, 5.41) is 52.7. The number of Topliss-reactive ketones (excluding diaryl/α,β-unsaturated/α-hetero) is 2. The van der Waals surface area contributed by atoms with Gasteiger partial charge in [-0.15, -0.1) is 0 Å². The number of likely N-dealkylation sites (tertiary alicyclic amines) is 1. The zero-order valence-electron chi connectivity index (χ0n) is 25.3. The molecule has 2 fully saturated rings. The lowest BCUT2D eigenvalue weighted by molar-refractivity contribution is -0.150. The topological polar surface area (TPSA) is 199 Å². The Morgan fingerprint density at radius 2 is 1.89 bits per heavy atom. The summed E-state index contributed by atoms with van der Waals surface area (Å²) in [7, 11) is 0. The van der Waals surface area contributed by atoms with E-state index in [1.54, 1.807) is 17.0 Å². The van der Waals surface area contributed by atoms with Crippen LogP contribution in [0, 0.1) is 11.8 Å². The van der Waals surface area contributed by atoms with Crippen molar-refractivity contribution >= 4 is 23.2 Å². The summed E-state index contributed by atoms with van der Waals surface area (Å²) in [4.78, 5) is 41.9. The van der Waals surface area contributed by atoms with Crippen LogP contribution in [0.25, 0.3) is 17.1 Å². The lowest BCUT2D eigenvalue weighted by Gasteiger charge is -2.50. The van der Waals surface area contributed by atoms with E-state index in [1.807, 2.05) is 13.8 Å². The molecule has 2 aromatic rings. The number of fused-ring (bicyclic) bond motifs is 3. The molecule has 3 aliphatic carbocycles. The quantitative estimate of drug-likeness (QED) is 0.243. The van der Waals surface area contributed by atoms with E-state index in [9.17, 15) is 43.6 Å². The second kappa shape index (κ2) is 11.6. The number of phenolic OH excluding ortho intramolecular Hbond substituents is 1. The first-order chi connectivity index (χ1) is 21.7. The van der Waals surface area contributed by atoms with Gasteiger partial charge in [0.1, 0.15) is 22.8 Å². The number of aliphatic hydroxyl groups excluding tert-OH is 2. The van der Waals surface area contributed by atoms with E-state index in [1.165, 1.54) is 6.07 Å². The zero-order valence-corrected chi connectivity index (χ0v) is 25.3. The number of aromatic hydroxyl groups is 1. The minimum Gasteiger partial charge on any atom is -0.508 e. The maximum atomic E-state index is 14.2. The Kier molecular flexibility index (Phi) is 8.02. The summed E-state index contributed by atoms with van der Waals surface area (Å²) < 4.78 is 31.4. The largest absolute Gasteiger partial charge is 0.508 e. The van der Waals surface area contributed by atoms with Crippen LogP contribution < -0.4 is 11.1 Å². The van der Waals surface area contributed by atoms with Crippen molar-refractivity contribution in [3.8, 4) is 17.1 Å². The number of carbonyl (C=O) groups excluding carboxylic acids is 3. The van der Waals surface area contributed by atoms with Gasteiger partial charge >= 0.3 is 0 Å². The molecule has 0 radical (unpaired) electrons. The van der Waals surface area contributed by atoms with Crippen LogP contribution in [0.4, 0.5) is 8.78 Å². The Morgan fingerprint density at radius 1 is 1.20 bits per heavy atom. The number of primary amides is 1. The number of aliphatic hydroxyl groups is 3. The maximum Gasteiger partial charge on any atom is 0.255 e. The van der Waals surface area contributed by atoms with Crippen molar-refractivity contribution in [2.75, 3.05) is 19.6 Å². The van der Waals surface area contributed by atoms with Gasteiger partial charge in [0.05, 0.1) is 23.8 Å². The van der Waals surface area contributed by atoms with E-state index in [4.69, 9.17) is 10.3 Å². The number of nitrogens with zero attached hydrogens (tertiary/aromatic N) is 2. The highest BCUT2D eigenvalue weighted by Gasteiger charge is 2.64. The molecular formula is C32H36F2N4O8. The second-order valence-corrected chi connectivity index (χ2v) is 12.9. The van der Waals surface area contributed by atoms with Gasteiger partial charge in [-0.3, -0.25) is 19.3 Å². The van der Waals surface area contributed by atoms with Crippen LogP contribution in [0.2, 0.25) is 0 Å². The Balaban J connectivity index is 1.41. The van der Waals surface area contributed by atoms with E-state index in [0.717, 1.165) is 0 Å². The number of rotatable bonds is 7. The number of alkyl halides is 2. The molecule has 2 heterocycles. The molecule has 1 aromatic carbocycles. The second-order valence-electron chi connectivity index (χ2n) is 12.9. The predicted octanol–water partition coefficient (Wildman–Crippen LogP) is 2.50. The van der Waals surface area contributed by atoms with Gasteiger partial charge in [-0.05, 0) is 68.3 Å². The first-order valence-corrected chi connectivity index (χ1v) is 15.3. The summed E-state index contributed by atoms with van der Waals surface area (Å²) in [5.74, 6) is -7.08. The number of hydrogen-bond acceptors (Lipinski definition) is 11. The number of amides is 1. The number of nitrogens with one attached hydrogen (secondary N) is 1. The average molecular weight is 643 g/mol. The van der Waals surface area contributed by atoms with Crippen LogP contribution >= 0.6 is 0 Å². The van der Waals surface area contributed by atoms with Crippen LogP contribution in [-0.4, -0.2) is 91.7 Å². The molecule has 1 aliphatic heterocycles. The van der Waals surface area contributed by atoms with E-state index in [-0.39, 0.29) is 48.2 Å². The van der Waals surface area contributed by atoms with Crippen molar-refractivity contribution in [3.05, 3.63) is 51.9 Å². The average Bonchev–Trinajstić information content (AvgIpc) is 3.48. The number of phenols is 1. The lowest BCUT2D eigenvalue weighted by atomic mass is 9.57. The molecule has 14 heteroatoms. The summed E-state index contributed by atoms with van der Waals surface area (Å²) >= 11 is 0. The van der Waals surface area contributed by atoms with Gasteiger partial charge in [0, 0.05) is 29.2 Å². The molecule has 0 spiro atoms. The molecule has 4 aliphatic rings. The highest BCUT2D eigenvalue weighted by molar-refractivity contribution is 6.24. The summed E-state index contributed by atoms with van der Waals surface area (Å²) in [6.07, 6.45) is -1.75. The molecule has 46 heavy (non-hydrogen) atoms. The molecule has 1 saturated heterocycles. The molecule has 4 atom stereocenters. The van der Waals surface area contributed by atoms with Gasteiger partial charge in [-0.25, -0.2) is 8.78 Å². The van der Waals surface area contributed by atoms with Crippen LogP contribution in [0.15, 0.2) is 39.6 Å². The number of halogens is 2. The number of nitrogens with two attached hydrogens (primary N) is 1. The number of aromatic nitrogens is 1. The summed E-state index contributed by atoms with van der Waals surface area (Å²) in [5.41, 5.74) is 3.10. The van der Waals surface area contributed by atoms with Crippen LogP contribution in [0.1, 0.15) is 55.8 Å². The molecule has 0 bridgehead atoms. The Morgan fingerprint density at radius 3 is 2.50 bits per heavy atom. The van der Waals surface area contributed by atoms with Crippen LogP contribution in [-0.2, 0) is 20.8 Å². The van der Waals surface area contributed by atoms with Crippen molar-refractivity contribution < 1.29 is 48.1 Å². The van der Waals surface area contributed by atoms with E-state index < -0.39 is 64.5 Å². The van der Waals surface area contributed by atoms with Crippen molar-refractivity contribution in [2.24, 2.45) is 17.6 Å². The number of carbonyl (C=O) groups is 3. The fraction of sp³-hybridized carbons (Fsp3) is 0.500. The lowest BCUT2D eigenvalue weighted by Crippen LogP contribution is -2.67. The van der Waals surface area contributed by atoms with Gasteiger partial charge in [-0.2, -0.15) is 0 Å². The van der Waals surface area contributed by atoms with Crippen molar-refractivity contribution in [3.63, 3.8) is 0 Å². The SMILES string of the molecule is CC(C)c1cc(-c2ccc(O)c3c2CC2CC4C(NC5CCN(CC(F)F)CC5)C(=O)C(C(N)=O)=C(O)C4(O)C(=O)C2=C3O)on1. The fourth-order valence-electron chi connectivity index (χ4n) is 7.52. The third kappa shape index (κ3) is 4.99. The highest BCUT2D eigenvalue weighted by atomic mass is 19.3. The van der Waals surface area contributed by atoms with Crippen molar-refractivity contribution in [2.45, 2.75) is 69.6 Å². The third-order valence-electron chi connectivity index (χ3n) is 9.87. The molecule has 1 aromatic heterocycles. The minimum atomic E-state index is -2.80. The maximum absolute atomic E-state index is 14.2. The molecule has 12 nitrogen and oxygen atoms in total.